The van der Waals surface area contributed by atoms with E-state index in [1.807, 2.05) is 43.3 Å². The Hall–Kier alpha value is -2.14. The molecule has 0 saturated carbocycles. The number of carbonyl (C=O) groups excluding carboxylic acids is 1. The van der Waals surface area contributed by atoms with E-state index in [-0.39, 0.29) is 11.9 Å². The van der Waals surface area contributed by atoms with Gasteiger partial charge in [-0.2, -0.15) is 0 Å². The lowest BCUT2D eigenvalue weighted by molar-refractivity contribution is -0.120. The van der Waals surface area contributed by atoms with Crippen molar-refractivity contribution in [1.82, 2.24) is 10.1 Å². The van der Waals surface area contributed by atoms with E-state index >= 15 is 0 Å². The van der Waals surface area contributed by atoms with Crippen LogP contribution >= 0.6 is 0 Å². The second kappa shape index (κ2) is 6.10. The molecule has 5 nitrogen and oxygen atoms in total. The van der Waals surface area contributed by atoms with Crippen LogP contribution in [-0.2, 0) is 11.3 Å². The highest BCUT2D eigenvalue weighted by Crippen LogP contribution is 2.21. The Morgan fingerprint density at radius 2 is 2.24 bits per heavy atom. The Balaban J connectivity index is 1.64. The van der Waals surface area contributed by atoms with Gasteiger partial charge >= 0.3 is 0 Å². The lowest BCUT2D eigenvalue weighted by Gasteiger charge is -2.22. The monoisotopic (exact) mass is 285 g/mol. The molecule has 1 aliphatic rings. The Morgan fingerprint density at radius 3 is 2.95 bits per heavy atom. The second-order valence-electron chi connectivity index (χ2n) is 5.41. The van der Waals surface area contributed by atoms with E-state index in [0.29, 0.717) is 6.54 Å². The molecule has 1 aromatic carbocycles. The SMILES string of the molecule is Cc1cc(CN2CCC[C@@H]2C(=O)Nc2ccccc2)no1. The van der Waals surface area contributed by atoms with Gasteiger partial charge in [0.1, 0.15) is 5.76 Å². The van der Waals surface area contributed by atoms with Crippen LogP contribution in [0.3, 0.4) is 0 Å². The van der Waals surface area contributed by atoms with Gasteiger partial charge in [-0.25, -0.2) is 0 Å². The molecule has 1 aliphatic heterocycles. The number of carbonyl (C=O) groups is 1. The molecular weight excluding hydrogens is 266 g/mol. The lowest BCUT2D eigenvalue weighted by Crippen LogP contribution is -2.39. The average molecular weight is 285 g/mol. The zero-order chi connectivity index (χ0) is 14.7. The van der Waals surface area contributed by atoms with Crippen LogP contribution in [0.2, 0.25) is 0 Å². The highest BCUT2D eigenvalue weighted by Gasteiger charge is 2.31. The van der Waals surface area contributed by atoms with E-state index in [9.17, 15) is 4.79 Å². The number of hydrogen-bond acceptors (Lipinski definition) is 4. The number of hydrogen-bond donors (Lipinski definition) is 1. The molecular formula is C16H19N3O2. The summed E-state index contributed by atoms with van der Waals surface area (Å²) in [4.78, 5) is 14.6. The van der Waals surface area contributed by atoms with Crippen molar-refractivity contribution in [1.29, 1.82) is 0 Å². The fraction of sp³-hybridized carbons (Fsp3) is 0.375. The van der Waals surface area contributed by atoms with Gasteiger partial charge in [-0.3, -0.25) is 9.69 Å². The van der Waals surface area contributed by atoms with Crippen LogP contribution < -0.4 is 5.32 Å². The number of anilines is 1. The van der Waals surface area contributed by atoms with Gasteiger partial charge in [0.25, 0.3) is 0 Å². The summed E-state index contributed by atoms with van der Waals surface area (Å²) in [6.45, 7) is 3.45. The predicted octanol–water partition coefficient (Wildman–Crippen LogP) is 2.59. The highest BCUT2D eigenvalue weighted by atomic mass is 16.5. The first-order chi connectivity index (χ1) is 10.2. The van der Waals surface area contributed by atoms with Gasteiger partial charge in [0.05, 0.1) is 11.7 Å². The average Bonchev–Trinajstić information content (AvgIpc) is 3.10. The molecule has 0 unspecified atom stereocenters. The van der Waals surface area contributed by atoms with E-state index in [1.54, 1.807) is 0 Å². The van der Waals surface area contributed by atoms with Gasteiger partial charge in [-0.1, -0.05) is 23.4 Å². The molecule has 3 rings (SSSR count). The number of rotatable bonds is 4. The number of aromatic nitrogens is 1. The standard InChI is InChI=1S/C16H19N3O2/c1-12-10-14(18-21-12)11-19-9-5-8-15(19)16(20)17-13-6-3-2-4-7-13/h2-4,6-7,10,15H,5,8-9,11H2,1H3,(H,17,20)/t15-/m1/s1. The maximum absolute atomic E-state index is 12.4. The van der Waals surface area contributed by atoms with Gasteiger partial charge in [0, 0.05) is 18.3 Å². The summed E-state index contributed by atoms with van der Waals surface area (Å²) in [6, 6.07) is 11.4. The van der Waals surface area contributed by atoms with Gasteiger partial charge in [-0.15, -0.1) is 0 Å². The van der Waals surface area contributed by atoms with Gasteiger partial charge in [0.15, 0.2) is 0 Å². The third-order valence-corrected chi connectivity index (χ3v) is 3.75. The van der Waals surface area contributed by atoms with E-state index in [1.165, 1.54) is 0 Å². The maximum Gasteiger partial charge on any atom is 0.241 e. The van der Waals surface area contributed by atoms with Gasteiger partial charge in [0.2, 0.25) is 5.91 Å². The molecule has 1 fully saturated rings. The van der Waals surface area contributed by atoms with Crippen molar-refractivity contribution in [2.24, 2.45) is 0 Å². The summed E-state index contributed by atoms with van der Waals surface area (Å²) in [5.74, 6) is 0.855. The van der Waals surface area contributed by atoms with Crippen LogP contribution in [-0.4, -0.2) is 28.6 Å². The summed E-state index contributed by atoms with van der Waals surface area (Å²) < 4.78 is 5.09. The third-order valence-electron chi connectivity index (χ3n) is 3.75. The van der Waals surface area contributed by atoms with Crippen LogP contribution in [0, 0.1) is 6.92 Å². The fourth-order valence-electron chi connectivity index (χ4n) is 2.76. The minimum atomic E-state index is -0.0952. The summed E-state index contributed by atoms with van der Waals surface area (Å²) in [6.07, 6.45) is 1.92. The van der Waals surface area contributed by atoms with Crippen molar-refractivity contribution >= 4 is 11.6 Å². The van der Waals surface area contributed by atoms with Gasteiger partial charge < -0.3 is 9.84 Å². The van der Waals surface area contributed by atoms with E-state index in [4.69, 9.17) is 4.52 Å². The predicted molar refractivity (Wildman–Crippen MR) is 79.7 cm³/mol. The van der Waals surface area contributed by atoms with Crippen molar-refractivity contribution in [3.05, 3.63) is 47.9 Å². The van der Waals surface area contributed by atoms with Crippen molar-refractivity contribution in [3.8, 4) is 0 Å². The number of likely N-dealkylation sites (tertiary alicyclic amines) is 1. The largest absolute Gasteiger partial charge is 0.361 e. The minimum Gasteiger partial charge on any atom is -0.361 e. The van der Waals surface area contributed by atoms with Crippen LogP contribution in [0.25, 0.3) is 0 Å². The zero-order valence-electron chi connectivity index (χ0n) is 12.1. The summed E-state index contributed by atoms with van der Waals surface area (Å²) in [5.41, 5.74) is 1.72. The Bertz CT molecular complexity index is 609. The zero-order valence-corrected chi connectivity index (χ0v) is 12.1. The summed E-state index contributed by atoms with van der Waals surface area (Å²) in [5, 5.41) is 6.99. The summed E-state index contributed by atoms with van der Waals surface area (Å²) >= 11 is 0. The molecule has 1 amide bonds. The first kappa shape index (κ1) is 13.8. The number of amides is 1. The van der Waals surface area contributed by atoms with E-state index < -0.39 is 0 Å². The molecule has 1 aromatic heterocycles. The minimum absolute atomic E-state index is 0.0546. The fourth-order valence-corrected chi connectivity index (χ4v) is 2.76. The van der Waals surface area contributed by atoms with E-state index in [2.05, 4.69) is 15.4 Å². The number of para-hydroxylation sites is 1. The molecule has 1 N–H and O–H groups in total. The molecule has 0 spiro atoms. The highest BCUT2D eigenvalue weighted by molar-refractivity contribution is 5.94. The quantitative estimate of drug-likeness (QED) is 0.938. The Kier molecular flexibility index (Phi) is 4.01. The van der Waals surface area contributed by atoms with E-state index in [0.717, 1.165) is 36.5 Å². The maximum atomic E-state index is 12.4. The molecule has 1 saturated heterocycles. The van der Waals surface area contributed by atoms with Crippen LogP contribution in [0.4, 0.5) is 5.69 Å². The molecule has 0 aliphatic carbocycles. The molecule has 1 atom stereocenters. The van der Waals surface area contributed by atoms with Gasteiger partial charge in [-0.05, 0) is 38.4 Å². The Labute approximate surface area is 123 Å². The molecule has 5 heteroatoms. The number of benzene rings is 1. The van der Waals surface area contributed by atoms with Crippen LogP contribution in [0.15, 0.2) is 40.9 Å². The third kappa shape index (κ3) is 3.31. The smallest absolute Gasteiger partial charge is 0.241 e. The normalized spacial score (nSPS) is 18.8. The van der Waals surface area contributed by atoms with Crippen molar-refractivity contribution in [2.75, 3.05) is 11.9 Å². The van der Waals surface area contributed by atoms with Crippen molar-refractivity contribution < 1.29 is 9.32 Å². The van der Waals surface area contributed by atoms with Crippen LogP contribution in [0.1, 0.15) is 24.3 Å². The molecule has 2 aromatic rings. The topological polar surface area (TPSA) is 58.4 Å². The number of nitrogens with one attached hydrogen (secondary N) is 1. The lowest BCUT2D eigenvalue weighted by atomic mass is 10.2. The number of aryl methyl sites for hydroxylation is 1. The molecule has 110 valence electrons. The molecule has 0 radical (unpaired) electrons. The van der Waals surface area contributed by atoms with Crippen molar-refractivity contribution in [2.45, 2.75) is 32.4 Å². The molecule has 2 heterocycles. The summed E-state index contributed by atoms with van der Waals surface area (Å²) in [7, 11) is 0. The van der Waals surface area contributed by atoms with Crippen molar-refractivity contribution in [3.63, 3.8) is 0 Å². The first-order valence-corrected chi connectivity index (χ1v) is 7.24. The molecule has 21 heavy (non-hydrogen) atoms. The Morgan fingerprint density at radius 1 is 1.43 bits per heavy atom. The molecule has 0 bridgehead atoms. The van der Waals surface area contributed by atoms with Crippen LogP contribution in [0.5, 0.6) is 0 Å². The second-order valence-corrected chi connectivity index (χ2v) is 5.41. The first-order valence-electron chi connectivity index (χ1n) is 7.24. The number of nitrogens with zero attached hydrogens (tertiary/aromatic N) is 2.